The molecule has 6 nitrogen and oxygen atoms in total. The lowest BCUT2D eigenvalue weighted by atomic mass is 9.75. The maximum Gasteiger partial charge on any atom is 0.292 e. The van der Waals surface area contributed by atoms with Gasteiger partial charge in [-0.3, -0.25) is 4.79 Å². The number of amides is 1. The molecule has 1 unspecified atom stereocenters. The first-order chi connectivity index (χ1) is 12.6. The van der Waals surface area contributed by atoms with E-state index in [9.17, 15) is 9.90 Å². The molecule has 2 aliphatic heterocycles. The molecule has 1 N–H and O–H groups in total. The molecule has 0 spiro atoms. The minimum absolute atomic E-state index is 0.0311. The van der Waals surface area contributed by atoms with Gasteiger partial charge in [0.1, 0.15) is 24.7 Å². The number of ether oxygens (including phenoxy) is 3. The zero-order chi connectivity index (χ0) is 18.6. The Hall–Kier alpha value is -2.21. The molecule has 3 rings (SSSR count). The van der Waals surface area contributed by atoms with E-state index in [4.69, 9.17) is 14.2 Å². The number of piperidine rings is 1. The van der Waals surface area contributed by atoms with Gasteiger partial charge in [-0.1, -0.05) is 12.1 Å². The fourth-order valence-electron chi connectivity index (χ4n) is 3.79. The Kier molecular flexibility index (Phi) is 5.71. The van der Waals surface area contributed by atoms with E-state index in [0.29, 0.717) is 44.2 Å². The van der Waals surface area contributed by atoms with E-state index in [1.54, 1.807) is 18.9 Å². The van der Waals surface area contributed by atoms with Crippen molar-refractivity contribution in [3.8, 4) is 5.75 Å². The molecule has 2 aliphatic rings. The molecular formula is C20H27NO5. The molecule has 142 valence electrons. The van der Waals surface area contributed by atoms with E-state index in [0.717, 1.165) is 24.2 Å². The Morgan fingerprint density at radius 3 is 2.88 bits per heavy atom. The van der Waals surface area contributed by atoms with E-state index < -0.39 is 0 Å². The number of allylic oxidation sites excluding steroid dienone is 1. The Balaban J connectivity index is 1.76. The molecule has 1 aromatic carbocycles. The minimum atomic E-state index is -0.357. The highest BCUT2D eigenvalue weighted by Gasteiger charge is 2.38. The summed E-state index contributed by atoms with van der Waals surface area (Å²) in [6.45, 7) is 3.81. The lowest BCUT2D eigenvalue weighted by molar-refractivity contribution is -0.137. The number of nitrogens with zero attached hydrogens (tertiary/aromatic N) is 1. The second-order valence-corrected chi connectivity index (χ2v) is 7.10. The smallest absolute Gasteiger partial charge is 0.292 e. The van der Waals surface area contributed by atoms with E-state index >= 15 is 0 Å². The van der Waals surface area contributed by atoms with E-state index in [1.165, 1.54) is 0 Å². The molecule has 1 fully saturated rings. The highest BCUT2D eigenvalue weighted by atomic mass is 16.6. The number of rotatable bonds is 5. The third kappa shape index (κ3) is 3.96. The standard InChI is InChI=1S/C20H27NO5/c1-15-18(26-10-9-25-15)19(23)21-8-4-7-20(13-21,14-22)12-16-5-3-6-17(11-16)24-2/h3,5-6,11,22H,4,7-10,12-14H2,1-2H3. The topological polar surface area (TPSA) is 68.2 Å². The van der Waals surface area contributed by atoms with Gasteiger partial charge in [0.2, 0.25) is 5.76 Å². The van der Waals surface area contributed by atoms with Gasteiger partial charge in [-0.25, -0.2) is 0 Å². The number of aliphatic hydroxyl groups is 1. The van der Waals surface area contributed by atoms with Crippen LogP contribution < -0.4 is 4.74 Å². The third-order valence-corrected chi connectivity index (χ3v) is 5.16. The number of benzene rings is 1. The van der Waals surface area contributed by atoms with Crippen LogP contribution in [0.5, 0.6) is 5.75 Å². The van der Waals surface area contributed by atoms with Crippen molar-refractivity contribution in [1.82, 2.24) is 4.90 Å². The Morgan fingerprint density at radius 2 is 2.15 bits per heavy atom. The maximum atomic E-state index is 12.9. The van der Waals surface area contributed by atoms with Crippen molar-refractivity contribution in [3.05, 3.63) is 41.3 Å². The van der Waals surface area contributed by atoms with Gasteiger partial charge in [0.25, 0.3) is 5.91 Å². The number of hydrogen-bond acceptors (Lipinski definition) is 5. The molecule has 2 heterocycles. The summed E-state index contributed by atoms with van der Waals surface area (Å²) in [5.74, 6) is 1.49. The molecule has 0 radical (unpaired) electrons. The molecule has 1 amide bonds. The summed E-state index contributed by atoms with van der Waals surface area (Å²) in [6, 6.07) is 7.88. The summed E-state index contributed by atoms with van der Waals surface area (Å²) >= 11 is 0. The first kappa shape index (κ1) is 18.6. The van der Waals surface area contributed by atoms with Gasteiger partial charge < -0.3 is 24.2 Å². The Bertz CT molecular complexity index is 687. The number of methoxy groups -OCH3 is 1. The van der Waals surface area contributed by atoms with Crippen LogP contribution in [0.25, 0.3) is 0 Å². The Labute approximate surface area is 154 Å². The quantitative estimate of drug-likeness (QED) is 0.870. The predicted molar refractivity (Wildman–Crippen MR) is 96.6 cm³/mol. The average Bonchev–Trinajstić information content (AvgIpc) is 2.68. The van der Waals surface area contributed by atoms with Crippen molar-refractivity contribution in [3.63, 3.8) is 0 Å². The number of aliphatic hydroxyl groups excluding tert-OH is 1. The van der Waals surface area contributed by atoms with Crippen LogP contribution in [0.4, 0.5) is 0 Å². The van der Waals surface area contributed by atoms with E-state index in [2.05, 4.69) is 0 Å². The van der Waals surface area contributed by atoms with Crippen LogP contribution in [0, 0.1) is 5.41 Å². The molecule has 1 saturated heterocycles. The lowest BCUT2D eigenvalue weighted by Gasteiger charge is -2.42. The number of carbonyl (C=O) groups excluding carboxylic acids is 1. The van der Waals surface area contributed by atoms with Gasteiger partial charge in [0.15, 0.2) is 0 Å². The fraction of sp³-hybridized carbons (Fsp3) is 0.550. The van der Waals surface area contributed by atoms with Gasteiger partial charge in [-0.15, -0.1) is 0 Å². The largest absolute Gasteiger partial charge is 0.497 e. The first-order valence-electron chi connectivity index (χ1n) is 9.06. The zero-order valence-corrected chi connectivity index (χ0v) is 15.5. The normalized spacial score (nSPS) is 23.3. The molecule has 0 aromatic heterocycles. The summed E-state index contributed by atoms with van der Waals surface area (Å²) in [5, 5.41) is 10.2. The molecule has 6 heteroatoms. The van der Waals surface area contributed by atoms with Gasteiger partial charge >= 0.3 is 0 Å². The monoisotopic (exact) mass is 361 g/mol. The molecular weight excluding hydrogens is 334 g/mol. The zero-order valence-electron chi connectivity index (χ0n) is 15.5. The molecule has 1 atom stereocenters. The molecule has 1 aromatic rings. The number of hydrogen-bond donors (Lipinski definition) is 1. The van der Waals surface area contributed by atoms with E-state index in [-0.39, 0.29) is 17.9 Å². The summed E-state index contributed by atoms with van der Waals surface area (Å²) in [4.78, 5) is 14.7. The van der Waals surface area contributed by atoms with Crippen molar-refractivity contribution < 1.29 is 24.1 Å². The Morgan fingerprint density at radius 1 is 1.35 bits per heavy atom. The number of likely N-dealkylation sites (tertiary alicyclic amines) is 1. The van der Waals surface area contributed by atoms with Crippen LogP contribution in [-0.2, 0) is 20.7 Å². The predicted octanol–water partition coefficient (Wildman–Crippen LogP) is 2.12. The first-order valence-corrected chi connectivity index (χ1v) is 9.06. The van der Waals surface area contributed by atoms with Crippen LogP contribution in [0.1, 0.15) is 25.3 Å². The van der Waals surface area contributed by atoms with E-state index in [1.807, 2.05) is 24.3 Å². The second kappa shape index (κ2) is 7.99. The third-order valence-electron chi connectivity index (χ3n) is 5.16. The summed E-state index contributed by atoms with van der Waals surface area (Å²) in [6.07, 6.45) is 2.42. The van der Waals surface area contributed by atoms with Crippen molar-refractivity contribution in [2.75, 3.05) is 40.0 Å². The second-order valence-electron chi connectivity index (χ2n) is 7.10. The van der Waals surface area contributed by atoms with Gasteiger partial charge in [0, 0.05) is 18.5 Å². The summed E-state index contributed by atoms with van der Waals surface area (Å²) in [7, 11) is 1.64. The average molecular weight is 361 g/mol. The van der Waals surface area contributed by atoms with Crippen LogP contribution >= 0.6 is 0 Å². The van der Waals surface area contributed by atoms with Gasteiger partial charge in [-0.2, -0.15) is 0 Å². The van der Waals surface area contributed by atoms with Gasteiger partial charge in [0.05, 0.1) is 13.7 Å². The van der Waals surface area contributed by atoms with Crippen molar-refractivity contribution in [2.45, 2.75) is 26.2 Å². The SMILES string of the molecule is COc1cccc(CC2(CO)CCCN(C(=O)C3=C(C)OCCO3)C2)c1. The molecule has 0 bridgehead atoms. The van der Waals surface area contributed by atoms with Crippen LogP contribution in [-0.4, -0.2) is 55.9 Å². The van der Waals surface area contributed by atoms with Crippen molar-refractivity contribution in [1.29, 1.82) is 0 Å². The highest BCUT2D eigenvalue weighted by molar-refractivity contribution is 5.92. The summed E-state index contributed by atoms with van der Waals surface area (Å²) < 4.78 is 16.3. The molecule has 0 aliphatic carbocycles. The highest BCUT2D eigenvalue weighted by Crippen LogP contribution is 2.35. The van der Waals surface area contributed by atoms with Gasteiger partial charge in [-0.05, 0) is 43.9 Å². The molecule has 0 saturated carbocycles. The van der Waals surface area contributed by atoms with Crippen molar-refractivity contribution in [2.24, 2.45) is 5.41 Å². The van der Waals surface area contributed by atoms with Crippen molar-refractivity contribution >= 4 is 5.91 Å². The molecule has 26 heavy (non-hydrogen) atoms. The fourth-order valence-corrected chi connectivity index (χ4v) is 3.79. The maximum absolute atomic E-state index is 12.9. The number of carbonyl (C=O) groups is 1. The lowest BCUT2D eigenvalue weighted by Crippen LogP contribution is -2.49. The van der Waals surface area contributed by atoms with Crippen LogP contribution in [0.15, 0.2) is 35.8 Å². The van der Waals surface area contributed by atoms with Crippen LogP contribution in [0.3, 0.4) is 0 Å². The van der Waals surface area contributed by atoms with Crippen LogP contribution in [0.2, 0.25) is 0 Å². The minimum Gasteiger partial charge on any atom is -0.497 e. The summed E-state index contributed by atoms with van der Waals surface area (Å²) in [5.41, 5.74) is 0.741.